The predicted molar refractivity (Wildman–Crippen MR) is 70.4 cm³/mol. The van der Waals surface area contributed by atoms with Gasteiger partial charge in [-0.25, -0.2) is 0 Å². The maximum absolute atomic E-state index is 11.4. The van der Waals surface area contributed by atoms with Crippen molar-refractivity contribution in [3.8, 4) is 5.75 Å². The van der Waals surface area contributed by atoms with Gasteiger partial charge in [-0.05, 0) is 19.1 Å². The van der Waals surface area contributed by atoms with Crippen LogP contribution in [0.1, 0.15) is 17.3 Å². The fraction of sp³-hybridized carbons (Fsp3) is 0.500. The van der Waals surface area contributed by atoms with Gasteiger partial charge in [-0.1, -0.05) is 12.1 Å². The molecule has 0 radical (unpaired) electrons. The molecule has 1 saturated heterocycles. The van der Waals surface area contributed by atoms with E-state index in [9.17, 15) is 15.0 Å². The van der Waals surface area contributed by atoms with Crippen molar-refractivity contribution in [2.24, 2.45) is 0 Å². The lowest BCUT2D eigenvalue weighted by Crippen LogP contribution is -2.27. The third-order valence-electron chi connectivity index (χ3n) is 3.27. The number of carbonyl (C=O) groups excluding carboxylic acids is 1. The zero-order valence-electron chi connectivity index (χ0n) is 11.0. The van der Waals surface area contributed by atoms with Crippen LogP contribution in [0.3, 0.4) is 0 Å². The van der Waals surface area contributed by atoms with Crippen molar-refractivity contribution < 1.29 is 19.7 Å². The number of Topliss-reactive ketones (excluding diaryl/α,β-unsaturated/α-hetero) is 1. The van der Waals surface area contributed by atoms with E-state index < -0.39 is 12.2 Å². The van der Waals surface area contributed by atoms with Crippen molar-refractivity contribution >= 4 is 5.78 Å². The maximum atomic E-state index is 11.4. The van der Waals surface area contributed by atoms with E-state index in [1.165, 1.54) is 6.92 Å². The predicted octanol–water partition coefficient (Wildman–Crippen LogP) is 0.305. The van der Waals surface area contributed by atoms with E-state index in [1.54, 1.807) is 18.2 Å². The van der Waals surface area contributed by atoms with Gasteiger partial charge in [-0.3, -0.25) is 9.69 Å². The zero-order chi connectivity index (χ0) is 13.8. The zero-order valence-corrected chi connectivity index (χ0v) is 11.0. The molecule has 1 aliphatic heterocycles. The molecular formula is C14H19NO4. The molecule has 2 rings (SSSR count). The second kappa shape index (κ2) is 6.14. The molecule has 2 unspecified atom stereocenters. The Hall–Kier alpha value is -1.43. The Kier molecular flexibility index (Phi) is 4.52. The number of nitrogens with zero attached hydrogens (tertiary/aromatic N) is 1. The summed E-state index contributed by atoms with van der Waals surface area (Å²) in [6.07, 6.45) is -1.35. The number of benzene rings is 1. The van der Waals surface area contributed by atoms with Gasteiger partial charge in [-0.2, -0.15) is 0 Å². The molecule has 0 aliphatic carbocycles. The molecule has 1 aliphatic rings. The second-order valence-corrected chi connectivity index (χ2v) is 4.80. The van der Waals surface area contributed by atoms with Gasteiger partial charge in [0, 0.05) is 19.6 Å². The fourth-order valence-electron chi connectivity index (χ4n) is 2.20. The second-order valence-electron chi connectivity index (χ2n) is 4.80. The summed E-state index contributed by atoms with van der Waals surface area (Å²) in [5.41, 5.74) is 0.573. The third kappa shape index (κ3) is 3.53. The van der Waals surface area contributed by atoms with Crippen molar-refractivity contribution in [2.45, 2.75) is 19.1 Å². The standard InChI is InChI=1S/C14H19NO4/c1-10(16)11-4-2-3-5-14(11)19-7-6-15-8-12(17)13(18)9-15/h2-5,12-13,17-18H,6-9H2,1H3. The molecule has 1 aromatic carbocycles. The van der Waals surface area contributed by atoms with Crippen LogP contribution in [0, 0.1) is 0 Å². The number of aliphatic hydroxyl groups excluding tert-OH is 2. The Labute approximate surface area is 112 Å². The van der Waals surface area contributed by atoms with Crippen LogP contribution in [0.5, 0.6) is 5.75 Å². The Morgan fingerprint density at radius 2 is 1.95 bits per heavy atom. The van der Waals surface area contributed by atoms with Crippen molar-refractivity contribution in [3.05, 3.63) is 29.8 Å². The van der Waals surface area contributed by atoms with Gasteiger partial charge in [0.25, 0.3) is 0 Å². The molecular weight excluding hydrogens is 246 g/mol. The summed E-state index contributed by atoms with van der Waals surface area (Å²) in [6, 6.07) is 7.13. The quantitative estimate of drug-likeness (QED) is 0.750. The van der Waals surface area contributed by atoms with E-state index in [1.807, 2.05) is 11.0 Å². The average Bonchev–Trinajstić information content (AvgIpc) is 2.69. The number of para-hydroxylation sites is 1. The average molecular weight is 265 g/mol. The summed E-state index contributed by atoms with van der Waals surface area (Å²) in [5.74, 6) is 0.554. The van der Waals surface area contributed by atoms with Crippen LogP contribution < -0.4 is 4.74 Å². The minimum atomic E-state index is -0.676. The van der Waals surface area contributed by atoms with Crippen LogP contribution in [0.4, 0.5) is 0 Å². The van der Waals surface area contributed by atoms with Crippen molar-refractivity contribution in [1.82, 2.24) is 4.90 Å². The van der Waals surface area contributed by atoms with Gasteiger partial charge >= 0.3 is 0 Å². The minimum Gasteiger partial charge on any atom is -0.491 e. The molecule has 0 amide bonds. The van der Waals surface area contributed by atoms with Gasteiger partial charge in [-0.15, -0.1) is 0 Å². The summed E-state index contributed by atoms with van der Waals surface area (Å²) in [4.78, 5) is 13.4. The lowest BCUT2D eigenvalue weighted by Gasteiger charge is -2.16. The highest BCUT2D eigenvalue weighted by Crippen LogP contribution is 2.18. The smallest absolute Gasteiger partial charge is 0.163 e. The molecule has 0 saturated carbocycles. The number of aliphatic hydroxyl groups is 2. The molecule has 5 nitrogen and oxygen atoms in total. The van der Waals surface area contributed by atoms with E-state index in [4.69, 9.17) is 4.74 Å². The molecule has 0 aromatic heterocycles. The molecule has 19 heavy (non-hydrogen) atoms. The lowest BCUT2D eigenvalue weighted by atomic mass is 10.1. The molecule has 1 heterocycles. The maximum Gasteiger partial charge on any atom is 0.163 e. The highest BCUT2D eigenvalue weighted by atomic mass is 16.5. The molecule has 0 bridgehead atoms. The number of likely N-dealkylation sites (tertiary alicyclic amines) is 1. The van der Waals surface area contributed by atoms with Crippen LogP contribution in [0.25, 0.3) is 0 Å². The summed E-state index contributed by atoms with van der Waals surface area (Å²) in [5, 5.41) is 18.8. The summed E-state index contributed by atoms with van der Waals surface area (Å²) >= 11 is 0. The summed E-state index contributed by atoms with van der Waals surface area (Å²) in [6.45, 7) is 3.46. The van der Waals surface area contributed by atoms with E-state index in [0.717, 1.165) is 0 Å². The minimum absolute atomic E-state index is 0.0254. The van der Waals surface area contributed by atoms with Crippen LogP contribution in [0.2, 0.25) is 0 Å². The van der Waals surface area contributed by atoms with E-state index in [0.29, 0.717) is 37.6 Å². The Balaban J connectivity index is 1.85. The normalized spacial score (nSPS) is 23.5. The first-order valence-electron chi connectivity index (χ1n) is 6.39. The number of β-amino-alcohol motifs (C(OH)–C–C–N with tert-alkyl or cyclic N) is 2. The van der Waals surface area contributed by atoms with Crippen molar-refractivity contribution in [2.75, 3.05) is 26.2 Å². The van der Waals surface area contributed by atoms with Gasteiger partial charge in [0.1, 0.15) is 12.4 Å². The first-order valence-corrected chi connectivity index (χ1v) is 6.39. The third-order valence-corrected chi connectivity index (χ3v) is 3.27. The Bertz CT molecular complexity index is 439. The molecule has 2 N–H and O–H groups in total. The van der Waals surface area contributed by atoms with Gasteiger partial charge in [0.15, 0.2) is 5.78 Å². The molecule has 0 spiro atoms. The van der Waals surface area contributed by atoms with Crippen molar-refractivity contribution in [3.63, 3.8) is 0 Å². The van der Waals surface area contributed by atoms with Crippen LogP contribution >= 0.6 is 0 Å². The molecule has 2 atom stereocenters. The molecule has 5 heteroatoms. The van der Waals surface area contributed by atoms with Crippen molar-refractivity contribution in [1.29, 1.82) is 0 Å². The largest absolute Gasteiger partial charge is 0.491 e. The molecule has 1 aromatic rings. The number of hydrogen-bond acceptors (Lipinski definition) is 5. The highest BCUT2D eigenvalue weighted by molar-refractivity contribution is 5.96. The Morgan fingerprint density at radius 1 is 1.32 bits per heavy atom. The monoisotopic (exact) mass is 265 g/mol. The Morgan fingerprint density at radius 3 is 2.58 bits per heavy atom. The molecule has 104 valence electrons. The lowest BCUT2D eigenvalue weighted by molar-refractivity contribution is 0.0572. The van der Waals surface area contributed by atoms with Crippen LogP contribution in [0.15, 0.2) is 24.3 Å². The van der Waals surface area contributed by atoms with Crippen LogP contribution in [-0.2, 0) is 0 Å². The number of rotatable bonds is 5. The number of hydrogen-bond donors (Lipinski definition) is 2. The number of carbonyl (C=O) groups is 1. The number of ether oxygens (including phenoxy) is 1. The number of ketones is 1. The van der Waals surface area contributed by atoms with Crippen LogP contribution in [-0.4, -0.2) is 59.3 Å². The SMILES string of the molecule is CC(=O)c1ccccc1OCCN1CC(O)C(O)C1. The molecule has 1 fully saturated rings. The van der Waals surface area contributed by atoms with Gasteiger partial charge < -0.3 is 14.9 Å². The highest BCUT2D eigenvalue weighted by Gasteiger charge is 2.29. The first kappa shape index (κ1) is 14.0. The van der Waals surface area contributed by atoms with E-state index in [-0.39, 0.29) is 5.78 Å². The van der Waals surface area contributed by atoms with Gasteiger partial charge in [0.05, 0.1) is 17.8 Å². The van der Waals surface area contributed by atoms with E-state index in [2.05, 4.69) is 0 Å². The first-order chi connectivity index (χ1) is 9.08. The topological polar surface area (TPSA) is 70.0 Å². The van der Waals surface area contributed by atoms with Gasteiger partial charge in [0.2, 0.25) is 0 Å². The fourth-order valence-corrected chi connectivity index (χ4v) is 2.20. The summed E-state index contributed by atoms with van der Waals surface area (Å²) < 4.78 is 5.61. The van der Waals surface area contributed by atoms with E-state index >= 15 is 0 Å². The summed E-state index contributed by atoms with van der Waals surface area (Å²) in [7, 11) is 0.